The van der Waals surface area contributed by atoms with Crippen molar-refractivity contribution in [2.24, 2.45) is 0 Å². The van der Waals surface area contributed by atoms with Crippen LogP contribution in [0.3, 0.4) is 0 Å². The molecule has 1 N–H and O–H groups in total. The Morgan fingerprint density at radius 3 is 2.80 bits per heavy atom. The Morgan fingerprint density at radius 1 is 1.45 bits per heavy atom. The number of methoxy groups -OCH3 is 1. The molecule has 5 heteroatoms. The molecule has 5 nitrogen and oxygen atoms in total. The standard InChI is InChI=1S/C15H27N3O2/c1-5-6-8-18-15(19)13(11-16-7-9-20-4)10-14(17-18)12(2)3/h10,12,16H,5-9,11H2,1-4H3. The van der Waals surface area contributed by atoms with Gasteiger partial charge < -0.3 is 10.1 Å². The van der Waals surface area contributed by atoms with Crippen molar-refractivity contribution in [1.82, 2.24) is 15.1 Å². The van der Waals surface area contributed by atoms with Crippen LogP contribution in [-0.4, -0.2) is 30.0 Å². The third-order valence-electron chi connectivity index (χ3n) is 3.18. The Labute approximate surface area is 121 Å². The Kier molecular flexibility index (Phi) is 7.47. The quantitative estimate of drug-likeness (QED) is 0.702. The lowest BCUT2D eigenvalue weighted by Crippen LogP contribution is -2.31. The summed E-state index contributed by atoms with van der Waals surface area (Å²) in [5, 5.41) is 7.69. The average Bonchev–Trinajstić information content (AvgIpc) is 2.43. The number of aromatic nitrogens is 2. The van der Waals surface area contributed by atoms with E-state index in [0.717, 1.165) is 30.6 Å². The maximum absolute atomic E-state index is 12.3. The smallest absolute Gasteiger partial charge is 0.271 e. The molecule has 0 amide bonds. The second-order valence-electron chi connectivity index (χ2n) is 5.30. The van der Waals surface area contributed by atoms with Crippen molar-refractivity contribution in [3.8, 4) is 0 Å². The Balaban J connectivity index is 2.89. The van der Waals surface area contributed by atoms with Crippen LogP contribution in [0.4, 0.5) is 0 Å². The number of ether oxygens (including phenoxy) is 1. The summed E-state index contributed by atoms with van der Waals surface area (Å²) in [4.78, 5) is 12.3. The van der Waals surface area contributed by atoms with E-state index in [9.17, 15) is 4.79 Å². The molecule has 0 bridgehead atoms. The van der Waals surface area contributed by atoms with Crippen LogP contribution in [0.15, 0.2) is 10.9 Å². The van der Waals surface area contributed by atoms with E-state index in [1.165, 1.54) is 0 Å². The number of aryl methyl sites for hydroxylation is 1. The fourth-order valence-electron chi connectivity index (χ4n) is 1.89. The minimum Gasteiger partial charge on any atom is -0.383 e. The van der Waals surface area contributed by atoms with Gasteiger partial charge in [0.2, 0.25) is 0 Å². The first kappa shape index (κ1) is 16.9. The van der Waals surface area contributed by atoms with Crippen LogP contribution >= 0.6 is 0 Å². The molecule has 1 aromatic rings. The molecule has 1 rings (SSSR count). The molecular formula is C15H27N3O2. The second-order valence-corrected chi connectivity index (χ2v) is 5.30. The molecule has 0 aliphatic heterocycles. The summed E-state index contributed by atoms with van der Waals surface area (Å²) in [7, 11) is 1.67. The summed E-state index contributed by atoms with van der Waals surface area (Å²) < 4.78 is 6.61. The van der Waals surface area contributed by atoms with Crippen LogP contribution in [0.1, 0.15) is 50.8 Å². The van der Waals surface area contributed by atoms with Crippen molar-refractivity contribution >= 4 is 0 Å². The lowest BCUT2D eigenvalue weighted by atomic mass is 10.1. The van der Waals surface area contributed by atoms with E-state index in [1.807, 2.05) is 6.07 Å². The van der Waals surface area contributed by atoms with Gasteiger partial charge in [-0.05, 0) is 18.4 Å². The van der Waals surface area contributed by atoms with Gasteiger partial charge in [-0.3, -0.25) is 4.79 Å². The number of nitrogens with zero attached hydrogens (tertiary/aromatic N) is 2. The molecule has 0 saturated carbocycles. The van der Waals surface area contributed by atoms with Gasteiger partial charge >= 0.3 is 0 Å². The molecule has 1 heterocycles. The summed E-state index contributed by atoms with van der Waals surface area (Å²) in [6, 6.07) is 1.93. The van der Waals surface area contributed by atoms with Gasteiger partial charge in [0.1, 0.15) is 0 Å². The van der Waals surface area contributed by atoms with Crippen LogP contribution in [0.25, 0.3) is 0 Å². The molecule has 0 spiro atoms. The minimum absolute atomic E-state index is 0.0211. The number of hydrogen-bond acceptors (Lipinski definition) is 4. The van der Waals surface area contributed by atoms with Gasteiger partial charge in [0, 0.05) is 32.3 Å². The number of unbranched alkanes of at least 4 members (excludes halogenated alkanes) is 1. The van der Waals surface area contributed by atoms with E-state index < -0.39 is 0 Å². The number of hydrogen-bond donors (Lipinski definition) is 1. The molecule has 0 unspecified atom stereocenters. The summed E-state index contributed by atoms with van der Waals surface area (Å²) >= 11 is 0. The highest BCUT2D eigenvalue weighted by atomic mass is 16.5. The molecule has 0 fully saturated rings. The zero-order valence-electron chi connectivity index (χ0n) is 13.1. The number of rotatable bonds is 9. The third kappa shape index (κ3) is 5.06. The number of nitrogens with one attached hydrogen (secondary N) is 1. The van der Waals surface area contributed by atoms with Crippen LogP contribution in [0.5, 0.6) is 0 Å². The van der Waals surface area contributed by atoms with E-state index in [0.29, 0.717) is 25.6 Å². The van der Waals surface area contributed by atoms with Gasteiger partial charge in [0.15, 0.2) is 0 Å². The molecule has 0 saturated heterocycles. The monoisotopic (exact) mass is 281 g/mol. The molecule has 0 radical (unpaired) electrons. The van der Waals surface area contributed by atoms with Crippen LogP contribution in [-0.2, 0) is 17.8 Å². The summed E-state index contributed by atoms with van der Waals surface area (Å²) in [5.74, 6) is 0.321. The second kappa shape index (κ2) is 8.87. The summed E-state index contributed by atoms with van der Waals surface area (Å²) in [5.41, 5.74) is 1.79. The average molecular weight is 281 g/mol. The van der Waals surface area contributed by atoms with Crippen molar-refractivity contribution in [1.29, 1.82) is 0 Å². The minimum atomic E-state index is 0.0211. The van der Waals surface area contributed by atoms with Gasteiger partial charge in [-0.15, -0.1) is 0 Å². The third-order valence-corrected chi connectivity index (χ3v) is 3.18. The largest absolute Gasteiger partial charge is 0.383 e. The lowest BCUT2D eigenvalue weighted by molar-refractivity contribution is 0.199. The highest BCUT2D eigenvalue weighted by Gasteiger charge is 2.10. The molecule has 114 valence electrons. The van der Waals surface area contributed by atoms with Crippen LogP contribution in [0, 0.1) is 0 Å². The van der Waals surface area contributed by atoms with Crippen molar-refractivity contribution < 1.29 is 4.74 Å². The van der Waals surface area contributed by atoms with Crippen LogP contribution < -0.4 is 10.9 Å². The molecule has 0 aromatic carbocycles. The van der Waals surface area contributed by atoms with Gasteiger partial charge in [0.25, 0.3) is 5.56 Å². The molecular weight excluding hydrogens is 254 g/mol. The normalized spacial score (nSPS) is 11.2. The van der Waals surface area contributed by atoms with Crippen molar-refractivity contribution in [3.63, 3.8) is 0 Å². The zero-order chi connectivity index (χ0) is 15.0. The Hall–Kier alpha value is -1.20. The first-order valence-electron chi connectivity index (χ1n) is 7.40. The van der Waals surface area contributed by atoms with Crippen molar-refractivity contribution in [2.75, 3.05) is 20.3 Å². The van der Waals surface area contributed by atoms with E-state index >= 15 is 0 Å². The Bertz CT molecular complexity index is 455. The van der Waals surface area contributed by atoms with Crippen molar-refractivity contribution in [3.05, 3.63) is 27.7 Å². The first-order chi connectivity index (χ1) is 9.60. The van der Waals surface area contributed by atoms with Gasteiger partial charge in [-0.1, -0.05) is 27.2 Å². The maximum Gasteiger partial charge on any atom is 0.271 e. The fourth-order valence-corrected chi connectivity index (χ4v) is 1.89. The summed E-state index contributed by atoms with van der Waals surface area (Å²) in [6.45, 7) is 8.96. The lowest BCUT2D eigenvalue weighted by Gasteiger charge is -2.12. The van der Waals surface area contributed by atoms with Crippen molar-refractivity contribution in [2.45, 2.75) is 52.6 Å². The molecule has 1 aromatic heterocycles. The van der Waals surface area contributed by atoms with Gasteiger partial charge in [0.05, 0.1) is 12.3 Å². The molecule has 0 aliphatic rings. The SMILES string of the molecule is CCCCn1nc(C(C)C)cc(CNCCOC)c1=O. The summed E-state index contributed by atoms with van der Waals surface area (Å²) in [6.07, 6.45) is 2.03. The Morgan fingerprint density at radius 2 is 2.20 bits per heavy atom. The predicted molar refractivity (Wildman–Crippen MR) is 81.1 cm³/mol. The van der Waals surface area contributed by atoms with E-state index in [2.05, 4.69) is 31.2 Å². The van der Waals surface area contributed by atoms with Gasteiger partial charge in [-0.25, -0.2) is 4.68 Å². The molecule has 0 aliphatic carbocycles. The van der Waals surface area contributed by atoms with Crippen LogP contribution in [0.2, 0.25) is 0 Å². The topological polar surface area (TPSA) is 56.1 Å². The fraction of sp³-hybridized carbons (Fsp3) is 0.733. The highest BCUT2D eigenvalue weighted by molar-refractivity contribution is 5.16. The first-order valence-corrected chi connectivity index (χ1v) is 7.40. The molecule has 20 heavy (non-hydrogen) atoms. The van der Waals surface area contributed by atoms with E-state index in [1.54, 1.807) is 11.8 Å². The van der Waals surface area contributed by atoms with Gasteiger partial charge in [-0.2, -0.15) is 5.10 Å². The zero-order valence-corrected chi connectivity index (χ0v) is 13.1. The predicted octanol–water partition coefficient (Wildman–Crippen LogP) is 1.90. The van der Waals surface area contributed by atoms with E-state index in [-0.39, 0.29) is 5.56 Å². The highest BCUT2D eigenvalue weighted by Crippen LogP contribution is 2.11. The molecule has 0 atom stereocenters. The van der Waals surface area contributed by atoms with E-state index in [4.69, 9.17) is 4.74 Å². The maximum atomic E-state index is 12.3.